The number of alkyl halides is 3. The van der Waals surface area contributed by atoms with Crippen LogP contribution in [0.25, 0.3) is 0 Å². The number of aliphatic hydroxyl groups excluding tert-OH is 1. The highest BCUT2D eigenvalue weighted by molar-refractivity contribution is 5.98. The summed E-state index contributed by atoms with van der Waals surface area (Å²) in [6.45, 7) is 8.67. The minimum Gasteiger partial charge on any atom is -0.388 e. The van der Waals surface area contributed by atoms with E-state index >= 15 is 0 Å². The summed E-state index contributed by atoms with van der Waals surface area (Å²) in [5.74, 6) is -0.703. The largest absolute Gasteiger partial charge is 0.417 e. The summed E-state index contributed by atoms with van der Waals surface area (Å²) in [4.78, 5) is 14.3. The molecular formula is C17H24F3NO2. The number of benzene rings is 1. The van der Waals surface area contributed by atoms with Crippen LogP contribution in [0.1, 0.15) is 68.6 Å². The number of hydrogen-bond donors (Lipinski definition) is 1. The van der Waals surface area contributed by atoms with E-state index < -0.39 is 29.3 Å². The van der Waals surface area contributed by atoms with Gasteiger partial charge in [-0.15, -0.1) is 0 Å². The minimum absolute atomic E-state index is 0.0265. The molecule has 0 saturated heterocycles. The maximum Gasteiger partial charge on any atom is 0.417 e. The average molecular weight is 331 g/mol. The van der Waals surface area contributed by atoms with Crippen molar-refractivity contribution in [2.45, 2.75) is 65.4 Å². The van der Waals surface area contributed by atoms with Crippen LogP contribution >= 0.6 is 0 Å². The van der Waals surface area contributed by atoms with Gasteiger partial charge in [0.15, 0.2) is 0 Å². The molecule has 0 saturated carbocycles. The number of nitrogens with zero attached hydrogens (tertiary/aromatic N) is 1. The van der Waals surface area contributed by atoms with E-state index in [0.29, 0.717) is 0 Å². The highest BCUT2D eigenvalue weighted by Crippen LogP contribution is 2.36. The quantitative estimate of drug-likeness (QED) is 0.868. The van der Waals surface area contributed by atoms with Crippen molar-refractivity contribution in [1.29, 1.82) is 0 Å². The standard InChI is InChI=1S/C17H24F3NO2/c1-6-14(22)12-8-7-9-13(17(18,19)20)15(12)16(23)21(10(2)3)11(4)5/h7-11,14,22H,6H2,1-5H3. The highest BCUT2D eigenvalue weighted by Gasteiger charge is 2.39. The Morgan fingerprint density at radius 1 is 1.17 bits per heavy atom. The number of rotatable bonds is 5. The van der Waals surface area contributed by atoms with Gasteiger partial charge in [-0.1, -0.05) is 19.1 Å². The van der Waals surface area contributed by atoms with Crippen LogP contribution in [0, 0.1) is 0 Å². The molecule has 130 valence electrons. The monoisotopic (exact) mass is 331 g/mol. The fourth-order valence-electron chi connectivity index (χ4n) is 2.74. The molecule has 0 aliphatic carbocycles. The van der Waals surface area contributed by atoms with E-state index in [0.717, 1.165) is 6.07 Å². The van der Waals surface area contributed by atoms with Gasteiger partial charge in [-0.2, -0.15) is 13.2 Å². The van der Waals surface area contributed by atoms with Crippen molar-refractivity contribution >= 4 is 5.91 Å². The molecule has 1 rings (SSSR count). The van der Waals surface area contributed by atoms with Crippen LogP contribution in [0.5, 0.6) is 0 Å². The summed E-state index contributed by atoms with van der Waals surface area (Å²) in [6.07, 6.45) is -5.55. The van der Waals surface area contributed by atoms with Crippen LogP contribution in [0.2, 0.25) is 0 Å². The predicted octanol–water partition coefficient (Wildman–Crippen LogP) is 4.41. The topological polar surface area (TPSA) is 40.5 Å². The van der Waals surface area contributed by atoms with E-state index in [1.54, 1.807) is 34.6 Å². The molecule has 0 heterocycles. The zero-order valence-corrected chi connectivity index (χ0v) is 14.1. The Morgan fingerprint density at radius 3 is 2.09 bits per heavy atom. The minimum atomic E-state index is -4.66. The first-order valence-electron chi connectivity index (χ1n) is 7.73. The molecule has 1 N–H and O–H groups in total. The van der Waals surface area contributed by atoms with Crippen LogP contribution in [0.15, 0.2) is 18.2 Å². The maximum atomic E-state index is 13.4. The van der Waals surface area contributed by atoms with E-state index in [-0.39, 0.29) is 24.1 Å². The van der Waals surface area contributed by atoms with E-state index in [1.165, 1.54) is 17.0 Å². The fraction of sp³-hybridized carbons (Fsp3) is 0.588. The predicted molar refractivity (Wildman–Crippen MR) is 83.1 cm³/mol. The Balaban J connectivity index is 3.61. The van der Waals surface area contributed by atoms with Gasteiger partial charge in [-0.25, -0.2) is 0 Å². The third-order valence-electron chi connectivity index (χ3n) is 3.71. The lowest BCUT2D eigenvalue weighted by atomic mass is 9.93. The Bertz CT molecular complexity index is 545. The molecule has 0 spiro atoms. The highest BCUT2D eigenvalue weighted by atomic mass is 19.4. The first-order valence-corrected chi connectivity index (χ1v) is 7.73. The molecule has 1 aromatic rings. The van der Waals surface area contributed by atoms with Gasteiger partial charge in [-0.05, 0) is 45.7 Å². The number of aliphatic hydroxyl groups is 1. The van der Waals surface area contributed by atoms with Gasteiger partial charge >= 0.3 is 6.18 Å². The van der Waals surface area contributed by atoms with Gasteiger partial charge in [0.25, 0.3) is 5.91 Å². The average Bonchev–Trinajstić information content (AvgIpc) is 2.43. The van der Waals surface area contributed by atoms with Crippen molar-refractivity contribution in [1.82, 2.24) is 4.90 Å². The first kappa shape index (κ1) is 19.5. The molecule has 0 aliphatic heterocycles. The zero-order chi connectivity index (χ0) is 17.9. The third kappa shape index (κ3) is 4.25. The summed E-state index contributed by atoms with van der Waals surface area (Å²) in [5.41, 5.74) is -1.42. The molecular weight excluding hydrogens is 307 g/mol. The molecule has 23 heavy (non-hydrogen) atoms. The summed E-state index contributed by atoms with van der Waals surface area (Å²) in [7, 11) is 0. The molecule has 6 heteroatoms. The molecule has 0 radical (unpaired) electrons. The second kappa shape index (κ2) is 7.34. The van der Waals surface area contributed by atoms with E-state index in [9.17, 15) is 23.1 Å². The Labute approximate surface area is 135 Å². The lowest BCUT2D eigenvalue weighted by Crippen LogP contribution is -2.43. The smallest absolute Gasteiger partial charge is 0.388 e. The Kier molecular flexibility index (Phi) is 6.22. The summed E-state index contributed by atoms with van der Waals surface area (Å²) in [6, 6.07) is 2.99. The van der Waals surface area contributed by atoms with Crippen LogP contribution in [-0.4, -0.2) is 28.0 Å². The Morgan fingerprint density at radius 2 is 1.70 bits per heavy atom. The summed E-state index contributed by atoms with van der Waals surface area (Å²) >= 11 is 0. The number of carbonyl (C=O) groups is 1. The third-order valence-corrected chi connectivity index (χ3v) is 3.71. The summed E-state index contributed by atoms with van der Waals surface area (Å²) < 4.78 is 40.1. The fourth-order valence-corrected chi connectivity index (χ4v) is 2.74. The van der Waals surface area contributed by atoms with Crippen LogP contribution in [0.4, 0.5) is 13.2 Å². The van der Waals surface area contributed by atoms with Crippen molar-refractivity contribution in [2.24, 2.45) is 0 Å². The van der Waals surface area contributed by atoms with Crippen molar-refractivity contribution in [2.75, 3.05) is 0 Å². The summed E-state index contributed by atoms with van der Waals surface area (Å²) in [5, 5.41) is 10.1. The van der Waals surface area contributed by atoms with Crippen molar-refractivity contribution in [3.05, 3.63) is 34.9 Å². The van der Waals surface area contributed by atoms with Crippen LogP contribution in [-0.2, 0) is 6.18 Å². The lowest BCUT2D eigenvalue weighted by molar-refractivity contribution is -0.138. The number of carbonyl (C=O) groups excluding carboxylic acids is 1. The molecule has 1 atom stereocenters. The molecule has 1 amide bonds. The van der Waals surface area contributed by atoms with Crippen molar-refractivity contribution < 1.29 is 23.1 Å². The normalized spacial score (nSPS) is 13.5. The van der Waals surface area contributed by atoms with Crippen LogP contribution in [0.3, 0.4) is 0 Å². The Hall–Kier alpha value is -1.56. The zero-order valence-electron chi connectivity index (χ0n) is 14.1. The van der Waals surface area contributed by atoms with Gasteiger partial charge < -0.3 is 10.0 Å². The van der Waals surface area contributed by atoms with Gasteiger partial charge in [0.1, 0.15) is 0 Å². The molecule has 0 aromatic heterocycles. The first-order chi connectivity index (χ1) is 10.5. The van der Waals surface area contributed by atoms with Gasteiger partial charge in [0.05, 0.1) is 17.2 Å². The van der Waals surface area contributed by atoms with E-state index in [4.69, 9.17) is 0 Å². The maximum absolute atomic E-state index is 13.4. The molecule has 0 aliphatic rings. The van der Waals surface area contributed by atoms with Gasteiger partial charge in [-0.3, -0.25) is 4.79 Å². The second-order valence-electron chi connectivity index (χ2n) is 6.09. The van der Waals surface area contributed by atoms with E-state index in [2.05, 4.69) is 0 Å². The van der Waals surface area contributed by atoms with Gasteiger partial charge in [0.2, 0.25) is 0 Å². The van der Waals surface area contributed by atoms with Crippen LogP contribution < -0.4 is 0 Å². The number of hydrogen-bond acceptors (Lipinski definition) is 2. The molecule has 0 fully saturated rings. The molecule has 0 bridgehead atoms. The SMILES string of the molecule is CCC(O)c1cccc(C(F)(F)F)c1C(=O)N(C(C)C)C(C)C. The van der Waals surface area contributed by atoms with E-state index in [1.807, 2.05) is 0 Å². The molecule has 1 aromatic carbocycles. The van der Waals surface area contributed by atoms with Crippen molar-refractivity contribution in [3.63, 3.8) is 0 Å². The second-order valence-corrected chi connectivity index (χ2v) is 6.09. The molecule has 3 nitrogen and oxygen atoms in total. The molecule has 1 unspecified atom stereocenters. The van der Waals surface area contributed by atoms with Gasteiger partial charge in [0, 0.05) is 12.1 Å². The number of halogens is 3. The number of amides is 1. The van der Waals surface area contributed by atoms with Crippen molar-refractivity contribution in [3.8, 4) is 0 Å². The lowest BCUT2D eigenvalue weighted by Gasteiger charge is -2.33.